The molecule has 0 saturated carbocycles. The van der Waals surface area contributed by atoms with Gasteiger partial charge in [0.05, 0.1) is 19.0 Å². The zero-order valence-electron chi connectivity index (χ0n) is 16.1. The summed E-state index contributed by atoms with van der Waals surface area (Å²) in [6, 6.07) is 8.84. The number of hydrogen-bond donors (Lipinski definition) is 0. The van der Waals surface area contributed by atoms with E-state index in [0.29, 0.717) is 44.1 Å². The molecule has 1 saturated heterocycles. The van der Waals surface area contributed by atoms with Gasteiger partial charge < -0.3 is 19.0 Å². The number of furan rings is 1. The van der Waals surface area contributed by atoms with Gasteiger partial charge in [0.2, 0.25) is 0 Å². The second kappa shape index (κ2) is 9.01. The Hall–Kier alpha value is -2.67. The smallest absolute Gasteiger partial charge is 0.289 e. The van der Waals surface area contributed by atoms with Crippen LogP contribution in [-0.2, 0) is 4.74 Å². The van der Waals surface area contributed by atoms with Gasteiger partial charge in [-0.05, 0) is 42.3 Å². The third-order valence-corrected chi connectivity index (χ3v) is 4.55. The fraction of sp³-hybridized carbons (Fsp3) is 0.429. The number of carbonyl (C=O) groups excluding carboxylic acids is 2. The molecule has 1 atom stereocenters. The summed E-state index contributed by atoms with van der Waals surface area (Å²) in [6.45, 7) is 6.21. The summed E-state index contributed by atoms with van der Waals surface area (Å²) >= 11 is 0. The van der Waals surface area contributed by atoms with Gasteiger partial charge in [-0.25, -0.2) is 4.39 Å². The number of halogens is 1. The molecule has 0 radical (unpaired) electrons. The predicted octanol–water partition coefficient (Wildman–Crippen LogP) is 3.06. The van der Waals surface area contributed by atoms with E-state index < -0.39 is 0 Å². The van der Waals surface area contributed by atoms with Crippen molar-refractivity contribution in [3.05, 3.63) is 59.8 Å². The molecule has 1 fully saturated rings. The molecule has 7 heteroatoms. The number of amides is 2. The fourth-order valence-corrected chi connectivity index (χ4v) is 3.27. The maximum Gasteiger partial charge on any atom is 0.289 e. The third kappa shape index (κ3) is 4.98. The average molecular weight is 388 g/mol. The lowest BCUT2D eigenvalue weighted by Gasteiger charge is -2.36. The van der Waals surface area contributed by atoms with Crippen LogP contribution in [0, 0.1) is 11.7 Å². The first-order chi connectivity index (χ1) is 13.4. The van der Waals surface area contributed by atoms with Crippen molar-refractivity contribution in [1.82, 2.24) is 9.80 Å². The molecule has 1 aliphatic rings. The number of carbonyl (C=O) groups is 2. The van der Waals surface area contributed by atoms with E-state index >= 15 is 0 Å². The van der Waals surface area contributed by atoms with E-state index in [9.17, 15) is 14.0 Å². The van der Waals surface area contributed by atoms with Crippen molar-refractivity contribution in [2.24, 2.45) is 5.92 Å². The summed E-state index contributed by atoms with van der Waals surface area (Å²) in [5.74, 6) is -0.184. The fourth-order valence-electron chi connectivity index (χ4n) is 3.27. The maximum atomic E-state index is 13.2. The van der Waals surface area contributed by atoms with Crippen molar-refractivity contribution in [3.63, 3.8) is 0 Å². The van der Waals surface area contributed by atoms with Gasteiger partial charge in [0, 0.05) is 31.7 Å². The monoisotopic (exact) mass is 388 g/mol. The van der Waals surface area contributed by atoms with Gasteiger partial charge in [-0.3, -0.25) is 9.59 Å². The molecule has 28 heavy (non-hydrogen) atoms. The zero-order valence-corrected chi connectivity index (χ0v) is 16.1. The Bertz CT molecular complexity index is 789. The molecule has 0 aliphatic carbocycles. The SMILES string of the molecule is CC(C)CN(C[C@H]1CN(C(=O)c2ccco2)CCO1)C(=O)c1ccc(F)cc1. The van der Waals surface area contributed by atoms with Crippen LogP contribution in [0.4, 0.5) is 4.39 Å². The van der Waals surface area contributed by atoms with E-state index in [2.05, 4.69) is 0 Å². The Morgan fingerprint density at radius 2 is 2.00 bits per heavy atom. The van der Waals surface area contributed by atoms with E-state index in [0.717, 1.165) is 0 Å². The lowest BCUT2D eigenvalue weighted by Crippen LogP contribution is -2.51. The summed E-state index contributed by atoms with van der Waals surface area (Å²) in [7, 11) is 0. The number of morpholine rings is 1. The highest BCUT2D eigenvalue weighted by atomic mass is 19.1. The molecular weight excluding hydrogens is 363 g/mol. The van der Waals surface area contributed by atoms with E-state index in [1.54, 1.807) is 21.9 Å². The minimum atomic E-state index is -0.380. The number of rotatable bonds is 6. The Kier molecular flexibility index (Phi) is 6.46. The molecule has 2 amide bonds. The lowest BCUT2D eigenvalue weighted by molar-refractivity contribution is -0.0347. The number of nitrogens with zero attached hydrogens (tertiary/aromatic N) is 2. The van der Waals surface area contributed by atoms with Crippen molar-refractivity contribution in [1.29, 1.82) is 0 Å². The second-order valence-electron chi connectivity index (χ2n) is 7.33. The molecule has 2 aromatic rings. The Morgan fingerprint density at radius 1 is 1.25 bits per heavy atom. The highest BCUT2D eigenvalue weighted by Gasteiger charge is 2.29. The standard InChI is InChI=1S/C21H25FN2O4/c1-15(2)12-24(20(25)16-5-7-17(22)8-6-16)14-18-13-23(9-11-27-18)21(26)19-4-3-10-28-19/h3-8,10,15,18H,9,11-14H2,1-2H3/t18-/m1/s1. The molecule has 1 aromatic heterocycles. The Morgan fingerprint density at radius 3 is 2.64 bits per heavy atom. The minimum absolute atomic E-state index is 0.174. The molecule has 0 unspecified atom stereocenters. The zero-order chi connectivity index (χ0) is 20.1. The molecular formula is C21H25FN2O4. The quantitative estimate of drug-likeness (QED) is 0.763. The lowest BCUT2D eigenvalue weighted by atomic mass is 10.1. The molecule has 150 valence electrons. The van der Waals surface area contributed by atoms with E-state index in [1.165, 1.54) is 30.5 Å². The highest BCUT2D eigenvalue weighted by Crippen LogP contribution is 2.15. The molecule has 2 heterocycles. The summed E-state index contributed by atoms with van der Waals surface area (Å²) in [5, 5.41) is 0. The van der Waals surface area contributed by atoms with Crippen molar-refractivity contribution < 1.29 is 23.1 Å². The molecule has 1 aromatic carbocycles. The second-order valence-corrected chi connectivity index (χ2v) is 7.33. The number of hydrogen-bond acceptors (Lipinski definition) is 4. The van der Waals surface area contributed by atoms with Crippen LogP contribution < -0.4 is 0 Å². The summed E-state index contributed by atoms with van der Waals surface area (Å²) < 4.78 is 24.2. The van der Waals surface area contributed by atoms with Crippen molar-refractivity contribution in [2.75, 3.05) is 32.8 Å². The van der Waals surface area contributed by atoms with Gasteiger partial charge in [-0.1, -0.05) is 13.8 Å². The molecule has 6 nitrogen and oxygen atoms in total. The Labute approximate surface area is 163 Å². The van der Waals surface area contributed by atoms with Crippen molar-refractivity contribution >= 4 is 11.8 Å². The van der Waals surface area contributed by atoms with Gasteiger partial charge in [-0.15, -0.1) is 0 Å². The Balaban J connectivity index is 1.68. The number of ether oxygens (including phenoxy) is 1. The first-order valence-corrected chi connectivity index (χ1v) is 9.43. The summed E-state index contributed by atoms with van der Waals surface area (Å²) in [5.41, 5.74) is 0.432. The maximum absolute atomic E-state index is 13.2. The van der Waals surface area contributed by atoms with Crippen LogP contribution in [-0.4, -0.2) is 60.5 Å². The molecule has 3 rings (SSSR count). The van der Waals surface area contributed by atoms with Gasteiger partial charge in [0.1, 0.15) is 5.82 Å². The van der Waals surface area contributed by atoms with Crippen molar-refractivity contribution in [3.8, 4) is 0 Å². The van der Waals surface area contributed by atoms with E-state index in [1.807, 2.05) is 13.8 Å². The van der Waals surface area contributed by atoms with Crippen LogP contribution in [0.25, 0.3) is 0 Å². The van der Waals surface area contributed by atoms with Gasteiger partial charge in [-0.2, -0.15) is 0 Å². The molecule has 0 spiro atoms. The molecule has 1 aliphatic heterocycles. The van der Waals surface area contributed by atoms with Crippen LogP contribution in [0.3, 0.4) is 0 Å². The van der Waals surface area contributed by atoms with Gasteiger partial charge in [0.25, 0.3) is 11.8 Å². The summed E-state index contributed by atoms with van der Waals surface area (Å²) in [6.07, 6.45) is 1.17. The summed E-state index contributed by atoms with van der Waals surface area (Å²) in [4.78, 5) is 28.8. The van der Waals surface area contributed by atoms with Crippen molar-refractivity contribution in [2.45, 2.75) is 20.0 Å². The largest absolute Gasteiger partial charge is 0.459 e. The third-order valence-electron chi connectivity index (χ3n) is 4.55. The van der Waals surface area contributed by atoms with E-state index in [4.69, 9.17) is 9.15 Å². The topological polar surface area (TPSA) is 63.0 Å². The average Bonchev–Trinajstić information content (AvgIpc) is 3.21. The van der Waals surface area contributed by atoms with Crippen LogP contribution in [0.15, 0.2) is 47.1 Å². The van der Waals surface area contributed by atoms with Crippen LogP contribution in [0.5, 0.6) is 0 Å². The number of benzene rings is 1. The van der Waals surface area contributed by atoms with Crippen LogP contribution in [0.2, 0.25) is 0 Å². The predicted molar refractivity (Wildman–Crippen MR) is 101 cm³/mol. The van der Waals surface area contributed by atoms with Gasteiger partial charge >= 0.3 is 0 Å². The highest BCUT2D eigenvalue weighted by molar-refractivity contribution is 5.94. The van der Waals surface area contributed by atoms with Gasteiger partial charge in [0.15, 0.2) is 5.76 Å². The first kappa shape index (κ1) is 20.1. The van der Waals surface area contributed by atoms with Crippen LogP contribution >= 0.6 is 0 Å². The minimum Gasteiger partial charge on any atom is -0.459 e. The normalized spacial score (nSPS) is 17.0. The molecule has 0 N–H and O–H groups in total. The van der Waals surface area contributed by atoms with E-state index in [-0.39, 0.29) is 29.7 Å². The first-order valence-electron chi connectivity index (χ1n) is 9.43. The molecule has 0 bridgehead atoms. The van der Waals surface area contributed by atoms with Crippen LogP contribution in [0.1, 0.15) is 34.8 Å².